The van der Waals surface area contributed by atoms with Gasteiger partial charge in [-0.3, -0.25) is 0 Å². The SMILES string of the molecule is COC(C[C@@H]1OC(CC(COC(=O)c2ccccc2)OC(=O)c2ccccc2)[C@H](OC)C1C(C(O)C[C@H]1CC[C@@H]2OC(C(/C=C/I)O[Si](C)(C)C(C)(C)C)C(O[Si](C)(C)C(C)(C)C)[C@@H](O)[C@H]2O1)S(=O)(=O)c1ccccc1)OC. The number of hydrogen-bond acceptors (Lipinski definition) is 16. The van der Waals surface area contributed by atoms with E-state index in [0.29, 0.717) is 18.4 Å². The van der Waals surface area contributed by atoms with Crippen molar-refractivity contribution in [2.45, 2.75) is 200 Å². The van der Waals surface area contributed by atoms with Crippen LogP contribution in [0.2, 0.25) is 36.3 Å². The van der Waals surface area contributed by atoms with Gasteiger partial charge >= 0.3 is 11.9 Å². The molecule has 16 nitrogen and oxygen atoms in total. The number of carbonyl (C=O) groups is 2. The number of ether oxygens (including phenoxy) is 8. The predicted octanol–water partition coefficient (Wildman–Crippen LogP) is 9.87. The van der Waals surface area contributed by atoms with E-state index in [9.17, 15) is 19.8 Å². The summed E-state index contributed by atoms with van der Waals surface area (Å²) in [5, 5.41) is 23.6. The summed E-state index contributed by atoms with van der Waals surface area (Å²) in [6.07, 6.45) is -9.55. The van der Waals surface area contributed by atoms with Crippen LogP contribution in [-0.2, 0) is 56.6 Å². The molecule has 6 rings (SSSR count). The number of carbonyl (C=O) groups excluding carboxylic acids is 2. The third-order valence-corrected chi connectivity index (χ3v) is 28.1. The summed E-state index contributed by atoms with van der Waals surface area (Å²) in [7, 11) is -5.08. The van der Waals surface area contributed by atoms with E-state index >= 15 is 8.42 Å². The maximum atomic E-state index is 15.4. The molecule has 3 aromatic carbocycles. The number of rotatable bonds is 24. The minimum absolute atomic E-state index is 0.00982. The van der Waals surface area contributed by atoms with E-state index in [2.05, 4.69) is 90.3 Å². The summed E-state index contributed by atoms with van der Waals surface area (Å²) < 4.78 is 97.1. The zero-order valence-electron chi connectivity index (χ0n) is 47.6. The molecule has 0 aliphatic carbocycles. The van der Waals surface area contributed by atoms with Crippen LogP contribution in [0.1, 0.15) is 94.4 Å². The maximum absolute atomic E-state index is 15.4. The van der Waals surface area contributed by atoms with Crippen LogP contribution in [0.4, 0.5) is 0 Å². The number of methoxy groups -OCH3 is 3. The largest absolute Gasteiger partial charge is 0.458 e. The van der Waals surface area contributed by atoms with E-state index < -0.39 is 129 Å². The third kappa shape index (κ3) is 15.6. The fourth-order valence-corrected chi connectivity index (χ4v) is 15.3. The molecule has 3 aromatic rings. The lowest BCUT2D eigenvalue weighted by molar-refractivity contribution is -0.271. The first-order valence-corrected chi connectivity index (χ1v) is 35.6. The first kappa shape index (κ1) is 64.2. The van der Waals surface area contributed by atoms with Crippen molar-refractivity contribution in [2.24, 2.45) is 5.92 Å². The summed E-state index contributed by atoms with van der Waals surface area (Å²) in [5.74, 6) is -2.42. The quantitative estimate of drug-likeness (QED) is 0.0371. The van der Waals surface area contributed by atoms with Crippen LogP contribution >= 0.6 is 22.6 Å². The van der Waals surface area contributed by atoms with E-state index in [4.69, 9.17) is 46.7 Å². The molecular weight excluding hydrogens is 1170 g/mol. The normalized spacial score (nSPS) is 27.0. The van der Waals surface area contributed by atoms with Crippen LogP contribution < -0.4 is 0 Å². The molecule has 8 unspecified atom stereocenters. The number of sulfone groups is 1. The van der Waals surface area contributed by atoms with Crippen molar-refractivity contribution in [1.29, 1.82) is 0 Å². The van der Waals surface area contributed by atoms with Crippen LogP contribution in [0.25, 0.3) is 0 Å². The van der Waals surface area contributed by atoms with Crippen LogP contribution in [0.15, 0.2) is 106 Å². The zero-order valence-corrected chi connectivity index (χ0v) is 52.6. The first-order chi connectivity index (χ1) is 36.7. The Morgan fingerprint density at radius 1 is 0.744 bits per heavy atom. The van der Waals surface area contributed by atoms with Crippen molar-refractivity contribution in [3.63, 3.8) is 0 Å². The summed E-state index contributed by atoms with van der Waals surface area (Å²) in [4.78, 5) is 26.9. The van der Waals surface area contributed by atoms with Crippen LogP contribution in [0.3, 0.4) is 0 Å². The molecule has 78 heavy (non-hydrogen) atoms. The van der Waals surface area contributed by atoms with Gasteiger partial charge in [0.25, 0.3) is 0 Å². The Kier molecular flexibility index (Phi) is 22.6. The molecule has 3 aliphatic rings. The van der Waals surface area contributed by atoms with E-state index in [1.54, 1.807) is 78.9 Å². The van der Waals surface area contributed by atoms with Crippen LogP contribution in [-0.4, -0.2) is 160 Å². The Bertz CT molecular complexity index is 2510. The molecule has 0 spiro atoms. The second-order valence-electron chi connectivity index (χ2n) is 23.8. The molecule has 2 N–H and O–H groups in total. The molecule has 3 heterocycles. The topological polar surface area (TPSA) is 201 Å². The average molecular weight is 1250 g/mol. The van der Waals surface area contributed by atoms with Gasteiger partial charge in [-0.15, -0.1) is 0 Å². The van der Waals surface area contributed by atoms with Gasteiger partial charge in [0.2, 0.25) is 0 Å². The minimum atomic E-state index is -4.45. The van der Waals surface area contributed by atoms with Crippen molar-refractivity contribution in [3.8, 4) is 0 Å². The van der Waals surface area contributed by atoms with Gasteiger partial charge in [-0.25, -0.2) is 18.0 Å². The Labute approximate surface area is 478 Å². The van der Waals surface area contributed by atoms with E-state index in [1.165, 1.54) is 33.5 Å². The van der Waals surface area contributed by atoms with Gasteiger partial charge in [0.15, 0.2) is 32.8 Å². The zero-order chi connectivity index (χ0) is 57.4. The van der Waals surface area contributed by atoms with Crippen molar-refractivity contribution in [1.82, 2.24) is 0 Å². The maximum Gasteiger partial charge on any atom is 0.338 e. The van der Waals surface area contributed by atoms with Crippen molar-refractivity contribution in [3.05, 3.63) is 112 Å². The highest BCUT2D eigenvalue weighted by atomic mass is 127. The molecule has 14 atom stereocenters. The molecule has 0 aromatic heterocycles. The standard InChI is InChI=1S/C58H85IO16SSi2/c1-57(2,3)77(10,11)74-44(31-32-59)52-53(75-78(12,13)58(4,5)6)49(61)51-43(73-52)30-29-39(70-51)33-42(60)54(76(64,65)41-27-21-16-22-28-41)48-45(35-47(66-7)67-8)72-46(50(48)68-9)34-40(71-56(63)38-25-19-15-20-26-38)36-69-55(62)37-23-17-14-18-24-37/h14-28,31-32,39-40,42-54,60-61H,29-30,33-36H2,1-13H3/b32-31+/t39-,40?,42?,43+,44?,45+,46?,48?,49+,50+,51+,52?,53?,54?/m1/s1. The second-order valence-corrected chi connectivity index (χ2v) is 36.1. The molecule has 434 valence electrons. The van der Waals surface area contributed by atoms with E-state index in [-0.39, 0.29) is 46.4 Å². The van der Waals surface area contributed by atoms with Gasteiger partial charge < -0.3 is 57.0 Å². The Morgan fingerprint density at radius 3 is 1.85 bits per heavy atom. The summed E-state index contributed by atoms with van der Waals surface area (Å²) in [5.41, 5.74) is 0.556. The minimum Gasteiger partial charge on any atom is -0.458 e. The Morgan fingerprint density at radius 2 is 1.31 bits per heavy atom. The van der Waals surface area contributed by atoms with Gasteiger partial charge in [0.05, 0.1) is 64.0 Å². The second kappa shape index (κ2) is 27.4. The third-order valence-electron chi connectivity index (χ3n) is 16.5. The van der Waals surface area contributed by atoms with Gasteiger partial charge in [-0.05, 0) is 95.7 Å². The lowest BCUT2D eigenvalue weighted by Crippen LogP contribution is -2.67. The lowest BCUT2D eigenvalue weighted by Gasteiger charge is -2.53. The first-order valence-electron chi connectivity index (χ1n) is 27.0. The predicted molar refractivity (Wildman–Crippen MR) is 310 cm³/mol. The number of aliphatic hydroxyl groups excluding tert-OH is 2. The number of fused-ring (bicyclic) bond motifs is 1. The monoisotopic (exact) mass is 1250 g/mol. The summed E-state index contributed by atoms with van der Waals surface area (Å²) >= 11 is 2.19. The Hall–Kier alpha value is -2.95. The highest BCUT2D eigenvalue weighted by molar-refractivity contribution is 14.1. The highest BCUT2D eigenvalue weighted by Crippen LogP contribution is 2.46. The lowest BCUT2D eigenvalue weighted by atomic mass is 9.84. The number of benzene rings is 3. The van der Waals surface area contributed by atoms with Gasteiger partial charge in [-0.1, -0.05) is 119 Å². The Balaban J connectivity index is 1.35. The van der Waals surface area contributed by atoms with Crippen molar-refractivity contribution >= 4 is 61.0 Å². The van der Waals surface area contributed by atoms with E-state index in [1.807, 2.05) is 10.2 Å². The van der Waals surface area contributed by atoms with Gasteiger partial charge in [-0.2, -0.15) is 0 Å². The summed E-state index contributed by atoms with van der Waals surface area (Å²) in [6, 6.07) is 24.7. The molecule has 0 saturated carbocycles. The molecular formula is C58H85IO16SSi2. The van der Waals surface area contributed by atoms with Gasteiger partial charge in [0.1, 0.15) is 37.1 Å². The smallest absolute Gasteiger partial charge is 0.338 e. The molecule has 3 aliphatic heterocycles. The fraction of sp³-hybridized carbons (Fsp3) is 0.621. The molecule has 0 amide bonds. The molecule has 0 bridgehead atoms. The molecule has 3 saturated heterocycles. The number of aliphatic hydroxyl groups is 2. The molecule has 0 radical (unpaired) electrons. The highest BCUT2D eigenvalue weighted by Gasteiger charge is 2.58. The fourth-order valence-electron chi connectivity index (χ4n) is 10.2. The van der Waals surface area contributed by atoms with Crippen molar-refractivity contribution < 1.29 is 75.0 Å². The van der Waals surface area contributed by atoms with E-state index in [0.717, 1.165) is 0 Å². The molecule has 3 fully saturated rings. The number of esters is 2. The van der Waals surface area contributed by atoms with Crippen LogP contribution in [0, 0.1) is 5.92 Å². The number of hydrogen-bond donors (Lipinski definition) is 2. The van der Waals surface area contributed by atoms with Gasteiger partial charge in [0, 0.05) is 46.5 Å². The average Bonchev–Trinajstić information content (AvgIpc) is 3.72. The summed E-state index contributed by atoms with van der Waals surface area (Å²) in [6.45, 7) is 21.2. The molecule has 20 heteroatoms. The van der Waals surface area contributed by atoms with Crippen LogP contribution in [0.5, 0.6) is 0 Å². The van der Waals surface area contributed by atoms with Crippen molar-refractivity contribution in [2.75, 3.05) is 27.9 Å². The number of halogens is 1.